The van der Waals surface area contributed by atoms with Gasteiger partial charge in [0.25, 0.3) is 0 Å². The van der Waals surface area contributed by atoms with Gasteiger partial charge in [0.05, 0.1) is 10.7 Å². The summed E-state index contributed by atoms with van der Waals surface area (Å²) in [5.41, 5.74) is 2.47. The normalized spacial score (nSPS) is 15.8. The van der Waals surface area contributed by atoms with E-state index in [1.165, 1.54) is 34.0 Å². The molecule has 0 amide bonds. The zero-order valence-corrected chi connectivity index (χ0v) is 13.4. The third-order valence-corrected chi connectivity index (χ3v) is 5.13. The van der Waals surface area contributed by atoms with Gasteiger partial charge in [-0.1, -0.05) is 37.3 Å². The van der Waals surface area contributed by atoms with Gasteiger partial charge in [-0.2, -0.15) is 0 Å². The molecular weight excluding hydrogens is 288 g/mol. The molecule has 0 aliphatic carbocycles. The highest BCUT2D eigenvalue weighted by molar-refractivity contribution is 7.12. The molecule has 0 radical (unpaired) electrons. The van der Waals surface area contributed by atoms with Gasteiger partial charge in [0.1, 0.15) is 0 Å². The van der Waals surface area contributed by atoms with Crippen LogP contribution in [-0.4, -0.2) is 18.1 Å². The van der Waals surface area contributed by atoms with Crippen LogP contribution in [0.4, 0.5) is 0 Å². The second-order valence-corrected chi connectivity index (χ2v) is 6.18. The third kappa shape index (κ3) is 3.22. The van der Waals surface area contributed by atoms with Gasteiger partial charge in [0, 0.05) is 16.4 Å². The number of halogens is 1. The van der Waals surface area contributed by atoms with E-state index in [0.29, 0.717) is 5.92 Å². The minimum atomic E-state index is 0. The van der Waals surface area contributed by atoms with Crippen LogP contribution >= 0.6 is 23.7 Å². The van der Waals surface area contributed by atoms with Gasteiger partial charge in [-0.3, -0.25) is 0 Å². The predicted molar refractivity (Wildman–Crippen MR) is 89.0 cm³/mol. The highest BCUT2D eigenvalue weighted by Gasteiger charge is 2.21. The summed E-state index contributed by atoms with van der Waals surface area (Å²) in [5.74, 6) is 0.661. The molecule has 20 heavy (non-hydrogen) atoms. The van der Waals surface area contributed by atoms with Crippen LogP contribution in [-0.2, 0) is 6.42 Å². The second kappa shape index (κ2) is 7.21. The first kappa shape index (κ1) is 15.5. The average molecular weight is 309 g/mol. The summed E-state index contributed by atoms with van der Waals surface area (Å²) in [5, 5.41) is 4.77. The first-order chi connectivity index (χ1) is 9.38. The van der Waals surface area contributed by atoms with Crippen molar-refractivity contribution in [1.29, 1.82) is 0 Å². The molecule has 1 N–H and O–H groups in total. The minimum Gasteiger partial charge on any atom is -0.317 e. The molecular formula is C16H21ClN2S. The summed E-state index contributed by atoms with van der Waals surface area (Å²) >= 11 is 1.92. The Bertz CT molecular complexity index is 533. The molecule has 1 aromatic carbocycles. The summed E-state index contributed by atoms with van der Waals surface area (Å²) in [6.07, 6.45) is 3.53. The van der Waals surface area contributed by atoms with E-state index in [9.17, 15) is 0 Å². The molecule has 2 nitrogen and oxygen atoms in total. The maximum absolute atomic E-state index is 4.97. The summed E-state index contributed by atoms with van der Waals surface area (Å²) in [4.78, 5) is 6.40. The minimum absolute atomic E-state index is 0. The Morgan fingerprint density at radius 1 is 1.20 bits per heavy atom. The summed E-state index contributed by atoms with van der Waals surface area (Å²) in [7, 11) is 0. The Morgan fingerprint density at radius 3 is 2.55 bits per heavy atom. The molecule has 2 aromatic rings. The Hall–Kier alpha value is -0.900. The van der Waals surface area contributed by atoms with Crippen LogP contribution in [0.5, 0.6) is 0 Å². The first-order valence-electron chi connectivity index (χ1n) is 7.14. The van der Waals surface area contributed by atoms with Crippen molar-refractivity contribution < 1.29 is 0 Å². The van der Waals surface area contributed by atoms with Crippen LogP contribution in [0.15, 0.2) is 30.3 Å². The number of hydrogen-bond acceptors (Lipinski definition) is 3. The van der Waals surface area contributed by atoms with Gasteiger partial charge in [-0.25, -0.2) is 4.98 Å². The van der Waals surface area contributed by atoms with E-state index in [4.69, 9.17) is 4.98 Å². The number of aryl methyl sites for hydroxylation is 1. The molecule has 1 aromatic heterocycles. The van der Waals surface area contributed by atoms with E-state index in [2.05, 4.69) is 42.6 Å². The van der Waals surface area contributed by atoms with Crippen molar-refractivity contribution in [2.45, 2.75) is 32.1 Å². The lowest BCUT2D eigenvalue weighted by atomic mass is 9.99. The summed E-state index contributed by atoms with van der Waals surface area (Å²) < 4.78 is 0. The molecule has 1 aliphatic heterocycles. The standard InChI is InChI=1S/C16H20N2S.ClH/c1-2-14-15(12-6-4-3-5-7-12)18-16(19-14)13-8-10-17-11-9-13;/h3-7,13,17H,2,8-11H2,1H3;1H. The molecule has 108 valence electrons. The highest BCUT2D eigenvalue weighted by atomic mass is 35.5. The largest absolute Gasteiger partial charge is 0.317 e. The van der Waals surface area contributed by atoms with Crippen molar-refractivity contribution >= 4 is 23.7 Å². The van der Waals surface area contributed by atoms with Gasteiger partial charge in [0.2, 0.25) is 0 Å². The van der Waals surface area contributed by atoms with Crippen molar-refractivity contribution in [3.05, 3.63) is 40.2 Å². The van der Waals surface area contributed by atoms with Crippen molar-refractivity contribution in [3.8, 4) is 11.3 Å². The molecule has 2 heterocycles. The molecule has 0 spiro atoms. The molecule has 1 saturated heterocycles. The number of nitrogens with one attached hydrogen (secondary N) is 1. The van der Waals surface area contributed by atoms with E-state index in [1.807, 2.05) is 11.3 Å². The molecule has 0 saturated carbocycles. The third-order valence-electron chi connectivity index (χ3n) is 3.77. The van der Waals surface area contributed by atoms with E-state index in [0.717, 1.165) is 19.5 Å². The number of piperidine rings is 1. The van der Waals surface area contributed by atoms with E-state index >= 15 is 0 Å². The van der Waals surface area contributed by atoms with Gasteiger partial charge in [-0.05, 0) is 32.4 Å². The summed E-state index contributed by atoms with van der Waals surface area (Å²) in [6, 6.07) is 10.6. The lowest BCUT2D eigenvalue weighted by Crippen LogP contribution is -2.26. The van der Waals surface area contributed by atoms with Gasteiger partial charge in [-0.15, -0.1) is 23.7 Å². The molecule has 0 bridgehead atoms. The molecule has 4 heteroatoms. The molecule has 0 atom stereocenters. The van der Waals surface area contributed by atoms with Crippen LogP contribution < -0.4 is 5.32 Å². The maximum atomic E-state index is 4.97. The van der Waals surface area contributed by atoms with Crippen LogP contribution in [0.2, 0.25) is 0 Å². The van der Waals surface area contributed by atoms with Crippen LogP contribution in [0.1, 0.15) is 35.6 Å². The number of nitrogens with zero attached hydrogens (tertiary/aromatic N) is 1. The van der Waals surface area contributed by atoms with Gasteiger partial charge < -0.3 is 5.32 Å². The maximum Gasteiger partial charge on any atom is 0.0967 e. The lowest BCUT2D eigenvalue weighted by molar-refractivity contribution is 0.459. The average Bonchev–Trinajstić information content (AvgIpc) is 2.93. The summed E-state index contributed by atoms with van der Waals surface area (Å²) in [6.45, 7) is 4.49. The van der Waals surface area contributed by atoms with E-state index in [-0.39, 0.29) is 12.4 Å². The fourth-order valence-corrected chi connectivity index (χ4v) is 3.87. The fraction of sp³-hybridized carbons (Fsp3) is 0.438. The number of benzene rings is 1. The topological polar surface area (TPSA) is 24.9 Å². The molecule has 0 unspecified atom stereocenters. The smallest absolute Gasteiger partial charge is 0.0967 e. The number of hydrogen-bond donors (Lipinski definition) is 1. The zero-order chi connectivity index (χ0) is 13.1. The Morgan fingerprint density at radius 2 is 1.90 bits per heavy atom. The molecule has 1 aliphatic rings. The highest BCUT2D eigenvalue weighted by Crippen LogP contribution is 2.35. The van der Waals surface area contributed by atoms with Crippen molar-refractivity contribution in [1.82, 2.24) is 10.3 Å². The van der Waals surface area contributed by atoms with Crippen LogP contribution in [0.3, 0.4) is 0 Å². The van der Waals surface area contributed by atoms with Crippen molar-refractivity contribution in [2.75, 3.05) is 13.1 Å². The van der Waals surface area contributed by atoms with Crippen molar-refractivity contribution in [2.24, 2.45) is 0 Å². The van der Waals surface area contributed by atoms with E-state index in [1.54, 1.807) is 0 Å². The Balaban J connectivity index is 0.00000147. The first-order valence-corrected chi connectivity index (χ1v) is 7.96. The lowest BCUT2D eigenvalue weighted by Gasteiger charge is -2.20. The number of thiazole rings is 1. The SMILES string of the molecule is CCc1sc(C2CCNCC2)nc1-c1ccccc1.Cl. The van der Waals surface area contributed by atoms with Crippen molar-refractivity contribution in [3.63, 3.8) is 0 Å². The predicted octanol–water partition coefficient (Wildman–Crippen LogP) is 4.26. The van der Waals surface area contributed by atoms with Crippen LogP contribution in [0.25, 0.3) is 11.3 Å². The van der Waals surface area contributed by atoms with E-state index < -0.39 is 0 Å². The second-order valence-electron chi connectivity index (χ2n) is 5.07. The number of aromatic nitrogens is 1. The van der Waals surface area contributed by atoms with Gasteiger partial charge in [0.15, 0.2) is 0 Å². The Kier molecular flexibility index (Phi) is 5.58. The number of rotatable bonds is 3. The molecule has 3 rings (SSSR count). The quantitative estimate of drug-likeness (QED) is 0.916. The fourth-order valence-electron chi connectivity index (χ4n) is 2.67. The van der Waals surface area contributed by atoms with Gasteiger partial charge >= 0.3 is 0 Å². The van der Waals surface area contributed by atoms with Crippen LogP contribution in [0, 0.1) is 0 Å². The zero-order valence-electron chi connectivity index (χ0n) is 11.8. The molecule has 1 fully saturated rings. The Labute approximate surface area is 131 Å². The monoisotopic (exact) mass is 308 g/mol.